The van der Waals surface area contributed by atoms with Gasteiger partial charge in [0.1, 0.15) is 0 Å². The molecule has 4 nitrogen and oxygen atoms in total. The van der Waals surface area contributed by atoms with Gasteiger partial charge in [0.15, 0.2) is 0 Å². The lowest BCUT2D eigenvalue weighted by molar-refractivity contribution is -0.189. The van der Waals surface area contributed by atoms with E-state index in [0.29, 0.717) is 31.1 Å². The van der Waals surface area contributed by atoms with Crippen molar-refractivity contribution in [3.05, 3.63) is 0 Å². The van der Waals surface area contributed by atoms with Crippen LogP contribution in [0, 0.1) is 23.2 Å². The summed E-state index contributed by atoms with van der Waals surface area (Å²) in [5.41, 5.74) is -0.788. The fraction of sp³-hybridized carbons (Fsp3) is 0.957. The van der Waals surface area contributed by atoms with Crippen LogP contribution in [0.1, 0.15) is 59.8 Å². The van der Waals surface area contributed by atoms with E-state index >= 15 is 8.78 Å². The number of nitrogens with zero attached hydrogens (tertiary/aromatic N) is 3. The lowest BCUT2D eigenvalue weighted by atomic mass is 9.68. The fourth-order valence-electron chi connectivity index (χ4n) is 5.60. The number of halogens is 2. The summed E-state index contributed by atoms with van der Waals surface area (Å²) >= 11 is 0. The van der Waals surface area contributed by atoms with Gasteiger partial charge in [0.05, 0.1) is 6.54 Å². The maximum Gasteiger partial charge on any atom is 0.266 e. The molecule has 168 valence electrons. The summed E-state index contributed by atoms with van der Waals surface area (Å²) in [5, 5.41) is 0. The van der Waals surface area contributed by atoms with Crippen LogP contribution in [0.4, 0.5) is 8.78 Å². The van der Waals surface area contributed by atoms with Gasteiger partial charge >= 0.3 is 0 Å². The van der Waals surface area contributed by atoms with E-state index in [9.17, 15) is 4.79 Å². The van der Waals surface area contributed by atoms with Gasteiger partial charge in [-0.1, -0.05) is 27.7 Å². The molecule has 0 N–H and O–H groups in total. The van der Waals surface area contributed by atoms with Gasteiger partial charge in [-0.05, 0) is 63.6 Å². The van der Waals surface area contributed by atoms with Crippen molar-refractivity contribution in [3.8, 4) is 0 Å². The maximum absolute atomic E-state index is 15.1. The van der Waals surface area contributed by atoms with Crippen molar-refractivity contribution in [1.29, 1.82) is 0 Å². The SMILES string of the molecule is CC(C)CN1CCC2(CCN(CC3CCN(C(=O)C(C)C)CC3)CC2)C(F)(F)C1. The van der Waals surface area contributed by atoms with Gasteiger partial charge < -0.3 is 9.80 Å². The van der Waals surface area contributed by atoms with E-state index in [1.54, 1.807) is 0 Å². The van der Waals surface area contributed by atoms with Crippen molar-refractivity contribution in [3.63, 3.8) is 0 Å². The predicted molar refractivity (Wildman–Crippen MR) is 113 cm³/mol. The molecule has 3 aliphatic rings. The zero-order chi connectivity index (χ0) is 21.2. The number of hydrogen-bond donors (Lipinski definition) is 0. The van der Waals surface area contributed by atoms with Gasteiger partial charge in [0, 0.05) is 37.5 Å². The third kappa shape index (κ3) is 5.30. The van der Waals surface area contributed by atoms with Gasteiger partial charge in [-0.2, -0.15) is 0 Å². The van der Waals surface area contributed by atoms with Crippen molar-refractivity contribution >= 4 is 5.91 Å². The van der Waals surface area contributed by atoms with Crippen LogP contribution in [0.2, 0.25) is 0 Å². The molecule has 0 aromatic rings. The van der Waals surface area contributed by atoms with E-state index in [4.69, 9.17) is 0 Å². The molecule has 3 fully saturated rings. The number of alkyl halides is 2. The largest absolute Gasteiger partial charge is 0.342 e. The predicted octanol–water partition coefficient (Wildman–Crippen LogP) is 3.96. The van der Waals surface area contributed by atoms with Gasteiger partial charge in [-0.3, -0.25) is 9.69 Å². The maximum atomic E-state index is 15.1. The van der Waals surface area contributed by atoms with E-state index in [0.717, 1.165) is 58.7 Å². The molecular weight excluding hydrogens is 372 g/mol. The van der Waals surface area contributed by atoms with E-state index in [1.165, 1.54) is 0 Å². The van der Waals surface area contributed by atoms with Gasteiger partial charge in [0.2, 0.25) is 5.91 Å². The molecule has 0 atom stereocenters. The summed E-state index contributed by atoms with van der Waals surface area (Å²) in [4.78, 5) is 18.5. The highest BCUT2D eigenvalue weighted by Crippen LogP contribution is 2.50. The van der Waals surface area contributed by atoms with E-state index in [-0.39, 0.29) is 18.4 Å². The molecular formula is C23H41F2N3O. The van der Waals surface area contributed by atoms with Crippen LogP contribution in [-0.2, 0) is 4.79 Å². The zero-order valence-corrected chi connectivity index (χ0v) is 18.9. The first kappa shape index (κ1) is 22.9. The number of carbonyl (C=O) groups is 1. The van der Waals surface area contributed by atoms with Crippen LogP contribution >= 0.6 is 0 Å². The van der Waals surface area contributed by atoms with Crippen LogP contribution in [0.3, 0.4) is 0 Å². The summed E-state index contributed by atoms with van der Waals surface area (Å²) < 4.78 is 30.2. The highest BCUT2D eigenvalue weighted by molar-refractivity contribution is 5.78. The molecule has 0 aliphatic carbocycles. The van der Waals surface area contributed by atoms with Crippen molar-refractivity contribution < 1.29 is 13.6 Å². The fourth-order valence-corrected chi connectivity index (χ4v) is 5.60. The van der Waals surface area contributed by atoms with Crippen LogP contribution in [0.25, 0.3) is 0 Å². The van der Waals surface area contributed by atoms with Crippen molar-refractivity contribution in [2.24, 2.45) is 23.2 Å². The van der Waals surface area contributed by atoms with E-state index in [2.05, 4.69) is 18.7 Å². The number of amides is 1. The van der Waals surface area contributed by atoms with Gasteiger partial charge in [-0.25, -0.2) is 8.78 Å². The quantitative estimate of drug-likeness (QED) is 0.683. The molecule has 1 amide bonds. The first-order chi connectivity index (χ1) is 13.6. The Bertz CT molecular complexity index is 550. The van der Waals surface area contributed by atoms with E-state index < -0.39 is 11.3 Å². The first-order valence-electron chi connectivity index (χ1n) is 11.7. The summed E-state index contributed by atoms with van der Waals surface area (Å²) in [6.07, 6.45) is 3.97. The van der Waals surface area contributed by atoms with Gasteiger partial charge in [0.25, 0.3) is 5.92 Å². The third-order valence-corrected chi connectivity index (χ3v) is 7.48. The molecule has 3 heterocycles. The lowest BCUT2D eigenvalue weighted by Gasteiger charge is -2.52. The molecule has 0 saturated carbocycles. The van der Waals surface area contributed by atoms with Crippen molar-refractivity contribution in [1.82, 2.24) is 14.7 Å². The second kappa shape index (κ2) is 9.17. The molecule has 3 rings (SSSR count). The van der Waals surface area contributed by atoms with Crippen molar-refractivity contribution in [2.75, 3.05) is 52.4 Å². The molecule has 0 aromatic heterocycles. The number of hydrogen-bond acceptors (Lipinski definition) is 3. The topological polar surface area (TPSA) is 26.8 Å². The number of likely N-dealkylation sites (tertiary alicyclic amines) is 3. The zero-order valence-electron chi connectivity index (χ0n) is 18.9. The summed E-state index contributed by atoms with van der Waals surface area (Å²) in [6, 6.07) is 0. The Balaban J connectivity index is 1.46. The highest BCUT2D eigenvalue weighted by Gasteiger charge is 2.57. The minimum Gasteiger partial charge on any atom is -0.342 e. The van der Waals surface area contributed by atoms with Crippen LogP contribution in [-0.4, -0.2) is 78.9 Å². The summed E-state index contributed by atoms with van der Waals surface area (Å²) in [7, 11) is 0. The molecule has 0 bridgehead atoms. The Kier molecular flexibility index (Phi) is 7.25. The molecule has 0 unspecified atom stereocenters. The Hall–Kier alpha value is -0.750. The lowest BCUT2D eigenvalue weighted by Crippen LogP contribution is -2.59. The molecule has 29 heavy (non-hydrogen) atoms. The number of piperidine rings is 3. The minimum atomic E-state index is -2.57. The molecule has 0 radical (unpaired) electrons. The van der Waals surface area contributed by atoms with E-state index in [1.807, 2.05) is 23.6 Å². The average Bonchev–Trinajstić information content (AvgIpc) is 2.66. The molecule has 3 saturated heterocycles. The smallest absolute Gasteiger partial charge is 0.266 e. The minimum absolute atomic E-state index is 0.0620. The Morgan fingerprint density at radius 3 is 2.00 bits per heavy atom. The molecule has 3 aliphatic heterocycles. The van der Waals surface area contributed by atoms with Crippen molar-refractivity contribution in [2.45, 2.75) is 65.7 Å². The number of rotatable bonds is 5. The average molecular weight is 414 g/mol. The summed E-state index contributed by atoms with van der Waals surface area (Å²) in [6.45, 7) is 13.9. The first-order valence-corrected chi connectivity index (χ1v) is 11.7. The second-order valence-corrected chi connectivity index (χ2v) is 10.6. The Morgan fingerprint density at radius 2 is 1.48 bits per heavy atom. The Labute approximate surface area is 176 Å². The van der Waals surface area contributed by atoms with Gasteiger partial charge in [-0.15, -0.1) is 0 Å². The van der Waals surface area contributed by atoms with Crippen LogP contribution in [0.5, 0.6) is 0 Å². The standard InChI is InChI=1S/C23H41F2N3O/c1-18(2)15-27-14-9-22(23(24,25)17-27)7-12-26(13-8-22)16-20-5-10-28(11-6-20)21(29)19(3)4/h18-20H,5-17H2,1-4H3. The molecule has 6 heteroatoms. The molecule has 1 spiro atoms. The molecule has 0 aromatic carbocycles. The number of carbonyl (C=O) groups excluding carboxylic acids is 1. The highest BCUT2D eigenvalue weighted by atomic mass is 19.3. The second-order valence-electron chi connectivity index (χ2n) is 10.6. The third-order valence-electron chi connectivity index (χ3n) is 7.48. The normalized spacial score (nSPS) is 26.6. The van der Waals surface area contributed by atoms with Crippen LogP contribution in [0.15, 0.2) is 0 Å². The Morgan fingerprint density at radius 1 is 0.931 bits per heavy atom. The monoisotopic (exact) mass is 413 g/mol. The summed E-state index contributed by atoms with van der Waals surface area (Å²) in [5.74, 6) is -1.22. The van der Waals surface area contributed by atoms with Crippen LogP contribution < -0.4 is 0 Å².